The quantitative estimate of drug-likeness (QED) is 0.553. The fourth-order valence-electron chi connectivity index (χ4n) is 0.293. The first-order valence-electron chi connectivity index (χ1n) is 2.90. The number of hydrogen-bond donors (Lipinski definition) is 0. The van der Waals surface area contributed by atoms with E-state index in [2.05, 4.69) is 20.9 Å². The van der Waals surface area contributed by atoms with Crippen LogP contribution in [0, 0.1) is 5.82 Å². The van der Waals surface area contributed by atoms with E-state index in [-0.39, 0.29) is 10.6 Å². The summed E-state index contributed by atoms with van der Waals surface area (Å²) in [6.45, 7) is 0. The number of hydrogen-bond acceptors (Lipinski definition) is 1. The third-order valence-corrected chi connectivity index (χ3v) is 1.16. The van der Waals surface area contributed by atoms with Crippen molar-refractivity contribution in [2.45, 2.75) is 0 Å². The van der Waals surface area contributed by atoms with Crippen LogP contribution >= 0.6 is 15.9 Å². The Balaban J connectivity index is 3.34. The fourth-order valence-corrected chi connectivity index (χ4v) is 0.494. The van der Waals surface area contributed by atoms with Crippen molar-refractivity contribution in [2.75, 3.05) is 0 Å². The Morgan fingerprint density at radius 1 is 1.88 bits per heavy atom. The zero-order valence-electron chi connectivity index (χ0n) is 5.78. The molecular weight excluding hydrogens is 173 g/mol. The Labute approximate surface area is 57.5 Å². The Morgan fingerprint density at radius 2 is 2.62 bits per heavy atom. The summed E-state index contributed by atoms with van der Waals surface area (Å²) in [5.41, 5.74) is 0. The molecule has 0 saturated carbocycles. The third kappa shape index (κ3) is 1.04. The maximum Gasteiger partial charge on any atom is 0.155 e. The van der Waals surface area contributed by atoms with Gasteiger partial charge in [-0.2, -0.15) is 0 Å². The molecule has 0 radical (unpaired) electrons. The molecule has 1 aromatic rings. The van der Waals surface area contributed by atoms with Gasteiger partial charge in [0, 0.05) is 6.20 Å². The van der Waals surface area contributed by atoms with E-state index in [9.17, 15) is 4.39 Å². The lowest BCUT2D eigenvalue weighted by atomic mass is 10.5. The van der Waals surface area contributed by atoms with Crippen molar-refractivity contribution in [3.05, 3.63) is 28.7 Å². The molecule has 0 bridgehead atoms. The lowest BCUT2D eigenvalue weighted by Gasteiger charge is -1.86. The molecule has 0 aliphatic heterocycles. The fraction of sp³-hybridized carbons (Fsp3) is 0. The van der Waals surface area contributed by atoms with Gasteiger partial charge in [0.1, 0.15) is 4.60 Å². The average Bonchev–Trinajstić information content (AvgIpc) is 1.93. The van der Waals surface area contributed by atoms with Crippen LogP contribution in [-0.2, 0) is 0 Å². The molecule has 3 heteroatoms. The van der Waals surface area contributed by atoms with Crippen LogP contribution < -0.4 is 0 Å². The first-order chi connectivity index (χ1) is 4.63. The highest BCUT2D eigenvalue weighted by Gasteiger charge is 1.92. The minimum absolute atomic E-state index is 0.0199. The highest BCUT2D eigenvalue weighted by molar-refractivity contribution is 9.10. The molecule has 0 spiro atoms. The minimum Gasteiger partial charge on any atom is -0.246 e. The van der Waals surface area contributed by atoms with Crippen molar-refractivity contribution >= 4 is 15.9 Å². The molecule has 8 heavy (non-hydrogen) atoms. The first-order valence-corrected chi connectivity index (χ1v) is 2.69. The second-order valence-electron chi connectivity index (χ2n) is 1.13. The van der Waals surface area contributed by atoms with Gasteiger partial charge in [-0.25, -0.2) is 9.37 Å². The predicted octanol–water partition coefficient (Wildman–Crippen LogP) is 1.98. The topological polar surface area (TPSA) is 12.9 Å². The summed E-state index contributed by atoms with van der Waals surface area (Å²) in [6.07, 6.45) is 1.12. The van der Waals surface area contributed by atoms with E-state index in [4.69, 9.17) is 2.74 Å². The van der Waals surface area contributed by atoms with Gasteiger partial charge >= 0.3 is 0 Å². The van der Waals surface area contributed by atoms with Gasteiger partial charge in [0.2, 0.25) is 0 Å². The van der Waals surface area contributed by atoms with E-state index in [1.807, 2.05) is 0 Å². The second kappa shape index (κ2) is 2.22. The summed E-state index contributed by atoms with van der Waals surface area (Å²) in [5, 5.41) is 0. The highest BCUT2D eigenvalue weighted by Crippen LogP contribution is 2.08. The van der Waals surface area contributed by atoms with Gasteiger partial charge in [-0.15, -0.1) is 0 Å². The van der Waals surface area contributed by atoms with Gasteiger partial charge in [0.15, 0.2) is 5.82 Å². The van der Waals surface area contributed by atoms with E-state index in [1.54, 1.807) is 0 Å². The van der Waals surface area contributed by atoms with Gasteiger partial charge < -0.3 is 0 Å². The molecule has 0 fully saturated rings. The van der Waals surface area contributed by atoms with E-state index >= 15 is 0 Å². The molecule has 1 aromatic heterocycles. The maximum atomic E-state index is 12.6. The molecule has 1 rings (SSSR count). The van der Waals surface area contributed by atoms with Crippen molar-refractivity contribution in [2.24, 2.45) is 0 Å². The van der Waals surface area contributed by atoms with E-state index in [1.165, 1.54) is 0 Å². The number of halogens is 2. The average molecular weight is 178 g/mol. The van der Waals surface area contributed by atoms with Crippen molar-refractivity contribution in [3.8, 4) is 0 Å². The third-order valence-electron chi connectivity index (χ3n) is 0.605. The molecule has 0 saturated heterocycles. The number of rotatable bonds is 0. The van der Waals surface area contributed by atoms with E-state index in [0.29, 0.717) is 0 Å². The van der Waals surface area contributed by atoms with Crippen LogP contribution in [0.3, 0.4) is 0 Å². The molecule has 0 aliphatic carbocycles. The predicted molar refractivity (Wildman–Crippen MR) is 31.9 cm³/mol. The van der Waals surface area contributed by atoms with Gasteiger partial charge in [0.05, 0.1) is 2.74 Å². The largest absolute Gasteiger partial charge is 0.246 e. The molecule has 0 N–H and O–H groups in total. The lowest BCUT2D eigenvalue weighted by molar-refractivity contribution is 0.613. The van der Waals surface area contributed by atoms with Crippen LogP contribution in [0.5, 0.6) is 0 Å². The molecule has 0 aromatic carbocycles. The standard InChI is InChI=1S/C5H3BrFN/c6-5-4(7)2-1-3-8-5/h1-3H/i1D,2D. The maximum absolute atomic E-state index is 12.6. The number of pyridine rings is 1. The monoisotopic (exact) mass is 177 g/mol. The molecule has 0 unspecified atom stereocenters. The SMILES string of the molecule is [2H]c1cnc(Br)c(F)c1[2H]. The van der Waals surface area contributed by atoms with Gasteiger partial charge in [0.25, 0.3) is 0 Å². The van der Waals surface area contributed by atoms with Crippen LogP contribution in [-0.4, -0.2) is 4.98 Å². The molecule has 42 valence electrons. The number of nitrogens with zero attached hydrogens (tertiary/aromatic N) is 1. The van der Waals surface area contributed by atoms with Crippen LogP contribution in [0.25, 0.3) is 0 Å². The molecular formula is C5H3BrFN. The second-order valence-corrected chi connectivity index (χ2v) is 1.88. The Kier molecular flexibility index (Phi) is 0.987. The van der Waals surface area contributed by atoms with Crippen molar-refractivity contribution in [1.82, 2.24) is 4.98 Å². The summed E-state index contributed by atoms with van der Waals surface area (Å²) < 4.78 is 26.5. The van der Waals surface area contributed by atoms with Crippen LogP contribution in [0.2, 0.25) is 0 Å². The highest BCUT2D eigenvalue weighted by atomic mass is 79.9. The van der Waals surface area contributed by atoms with Crippen molar-refractivity contribution in [3.63, 3.8) is 0 Å². The normalized spacial score (nSPS) is 12.8. The smallest absolute Gasteiger partial charge is 0.155 e. The van der Waals surface area contributed by atoms with Gasteiger partial charge in [-0.3, -0.25) is 0 Å². The summed E-state index contributed by atoms with van der Waals surface area (Å²) in [7, 11) is 0. The molecule has 0 aliphatic rings. The van der Waals surface area contributed by atoms with E-state index in [0.717, 1.165) is 6.20 Å². The Morgan fingerprint density at radius 3 is 3.25 bits per heavy atom. The summed E-state index contributed by atoms with van der Waals surface area (Å²) in [4.78, 5) is 3.47. The summed E-state index contributed by atoms with van der Waals surface area (Å²) >= 11 is 2.79. The molecule has 0 atom stereocenters. The zero-order valence-corrected chi connectivity index (χ0v) is 5.37. The van der Waals surface area contributed by atoms with Crippen molar-refractivity contribution < 1.29 is 7.13 Å². The molecule has 1 nitrogen and oxygen atoms in total. The first kappa shape index (κ1) is 3.56. The minimum atomic E-state index is -0.785. The van der Waals surface area contributed by atoms with Crippen LogP contribution in [0.4, 0.5) is 4.39 Å². The zero-order chi connectivity index (χ0) is 7.72. The van der Waals surface area contributed by atoms with E-state index < -0.39 is 11.9 Å². The number of aromatic nitrogens is 1. The Hall–Kier alpha value is -0.440. The summed E-state index contributed by atoms with van der Waals surface area (Å²) in [6, 6.07) is -0.637. The molecule has 0 amide bonds. The molecule has 1 heterocycles. The van der Waals surface area contributed by atoms with Crippen molar-refractivity contribution in [1.29, 1.82) is 0 Å². The van der Waals surface area contributed by atoms with Gasteiger partial charge in [-0.1, -0.05) is 0 Å². The van der Waals surface area contributed by atoms with Crippen LogP contribution in [0.15, 0.2) is 22.9 Å². The Bertz CT molecular complexity index is 239. The summed E-state index contributed by atoms with van der Waals surface area (Å²) in [5.74, 6) is -0.785. The lowest BCUT2D eigenvalue weighted by Crippen LogP contribution is -1.77. The van der Waals surface area contributed by atoms with Crippen LogP contribution in [0.1, 0.15) is 2.74 Å². The van der Waals surface area contributed by atoms with Gasteiger partial charge in [-0.05, 0) is 28.0 Å².